The molecule has 0 N–H and O–H groups in total. The van der Waals surface area contributed by atoms with Crippen LogP contribution in [0, 0.1) is 29.8 Å². The third-order valence-corrected chi connectivity index (χ3v) is 4.34. The highest BCUT2D eigenvalue weighted by Crippen LogP contribution is 2.34. The van der Waals surface area contributed by atoms with Gasteiger partial charge in [-0.2, -0.15) is 0 Å². The van der Waals surface area contributed by atoms with E-state index >= 15 is 0 Å². The number of aromatic nitrogens is 2. The van der Waals surface area contributed by atoms with Gasteiger partial charge in [0.1, 0.15) is 28.7 Å². The van der Waals surface area contributed by atoms with Crippen LogP contribution in [-0.4, -0.2) is 9.55 Å². The number of hydrogen-bond acceptors (Lipinski definition) is 2. The fraction of sp³-hybridized carbons (Fsp3) is 0.250. The molecular weight excluding hydrogens is 341 g/mol. The van der Waals surface area contributed by atoms with Crippen molar-refractivity contribution in [2.24, 2.45) is 5.41 Å². The molecule has 0 aliphatic carbocycles. The molecule has 1 aromatic heterocycles. The lowest BCUT2D eigenvalue weighted by Crippen LogP contribution is -2.30. The van der Waals surface area contributed by atoms with E-state index in [0.717, 1.165) is 22.8 Å². The van der Waals surface area contributed by atoms with Crippen LogP contribution < -0.4 is 5.56 Å². The molecule has 6 heteroatoms. The van der Waals surface area contributed by atoms with E-state index in [1.807, 2.05) is 20.8 Å². The molecule has 1 atom stereocenters. The Kier molecular flexibility index (Phi) is 4.38. The van der Waals surface area contributed by atoms with Crippen LogP contribution in [0.1, 0.15) is 32.5 Å². The number of fused-ring (bicyclic) bond motifs is 1. The molecule has 0 bridgehead atoms. The fourth-order valence-electron chi connectivity index (χ4n) is 2.75. The molecule has 0 saturated heterocycles. The van der Waals surface area contributed by atoms with Crippen molar-refractivity contribution in [3.05, 3.63) is 77.0 Å². The normalized spacial score (nSPS) is 13.2. The minimum Gasteiger partial charge on any atom is -0.268 e. The Balaban J connectivity index is 2.47. The highest BCUT2D eigenvalue weighted by molar-refractivity contribution is 5.78. The van der Waals surface area contributed by atoms with Gasteiger partial charge in [-0.25, -0.2) is 18.2 Å². The summed E-state index contributed by atoms with van der Waals surface area (Å²) in [5, 5.41) is -0.234. The van der Waals surface area contributed by atoms with Crippen molar-refractivity contribution in [1.82, 2.24) is 9.55 Å². The first-order chi connectivity index (χ1) is 12.1. The molecule has 0 aliphatic heterocycles. The number of nitrogens with zero attached hydrogens (tertiary/aromatic N) is 2. The summed E-state index contributed by atoms with van der Waals surface area (Å²) in [6.07, 6.45) is 0. The van der Waals surface area contributed by atoms with Crippen LogP contribution in [0.15, 0.2) is 41.2 Å². The van der Waals surface area contributed by atoms with E-state index < -0.39 is 34.3 Å². The summed E-state index contributed by atoms with van der Waals surface area (Å²) in [6.45, 7) is 9.79. The van der Waals surface area contributed by atoms with Crippen molar-refractivity contribution in [3.63, 3.8) is 0 Å². The topological polar surface area (TPSA) is 34.9 Å². The zero-order chi connectivity index (χ0) is 19.2. The van der Waals surface area contributed by atoms with Crippen molar-refractivity contribution in [1.29, 1.82) is 0 Å². The van der Waals surface area contributed by atoms with Gasteiger partial charge in [-0.1, -0.05) is 26.8 Å². The van der Waals surface area contributed by atoms with Crippen LogP contribution in [0.4, 0.5) is 13.2 Å². The number of hydrogen-bond donors (Lipinski definition) is 0. The highest BCUT2D eigenvalue weighted by atomic mass is 19.1. The van der Waals surface area contributed by atoms with Crippen molar-refractivity contribution < 1.29 is 13.2 Å². The van der Waals surface area contributed by atoms with Gasteiger partial charge in [0.25, 0.3) is 5.56 Å². The Morgan fingerprint density at radius 3 is 2.27 bits per heavy atom. The second kappa shape index (κ2) is 6.27. The van der Waals surface area contributed by atoms with E-state index in [9.17, 15) is 18.0 Å². The minimum atomic E-state index is -0.845. The molecule has 1 heterocycles. The third-order valence-electron chi connectivity index (χ3n) is 4.34. The minimum absolute atomic E-state index is 0.0574. The first kappa shape index (κ1) is 18.2. The summed E-state index contributed by atoms with van der Waals surface area (Å²) in [5.41, 5.74) is -1.01. The number of benzene rings is 2. The zero-order valence-corrected chi connectivity index (χ0v) is 14.7. The molecule has 3 rings (SSSR count). The predicted octanol–water partition coefficient (Wildman–Crippen LogP) is 4.77. The monoisotopic (exact) mass is 359 g/mol. The zero-order valence-electron chi connectivity index (χ0n) is 14.7. The standard InChI is InChI=1S/C20H18F3N2O/c1-11(20(2,3)4)18-24-16-7-5-6-15(23)17(16)19(26)25(18)14-9-12(21)8-13(22)10-14/h5-11H,1H2,2-4H3. The molecular formula is C20H18F3N2O. The van der Waals surface area contributed by atoms with E-state index in [2.05, 4.69) is 11.9 Å². The van der Waals surface area contributed by atoms with E-state index in [4.69, 9.17) is 0 Å². The Morgan fingerprint density at radius 2 is 1.69 bits per heavy atom. The molecule has 2 aromatic carbocycles. The molecule has 3 aromatic rings. The van der Waals surface area contributed by atoms with Crippen LogP contribution >= 0.6 is 0 Å². The van der Waals surface area contributed by atoms with E-state index in [-0.39, 0.29) is 22.4 Å². The lowest BCUT2D eigenvalue weighted by molar-refractivity contribution is 0.348. The average Bonchev–Trinajstić information content (AvgIpc) is 2.51. The summed E-state index contributed by atoms with van der Waals surface area (Å²) in [5.74, 6) is -2.71. The van der Waals surface area contributed by atoms with Gasteiger partial charge in [0.15, 0.2) is 0 Å². The summed E-state index contributed by atoms with van der Waals surface area (Å²) >= 11 is 0. The maximum Gasteiger partial charge on any atom is 0.268 e. The van der Waals surface area contributed by atoms with E-state index in [0.29, 0.717) is 6.07 Å². The third kappa shape index (κ3) is 3.11. The molecule has 0 aliphatic rings. The van der Waals surface area contributed by atoms with Gasteiger partial charge < -0.3 is 0 Å². The van der Waals surface area contributed by atoms with Crippen molar-refractivity contribution in [2.75, 3.05) is 0 Å². The maximum absolute atomic E-state index is 14.3. The Bertz CT molecular complexity index is 1030. The van der Waals surface area contributed by atoms with Crippen molar-refractivity contribution >= 4 is 10.9 Å². The van der Waals surface area contributed by atoms with Gasteiger partial charge in [-0.3, -0.25) is 9.36 Å². The smallest absolute Gasteiger partial charge is 0.268 e. The summed E-state index contributed by atoms with van der Waals surface area (Å²) < 4.78 is 42.8. The Morgan fingerprint density at radius 1 is 1.08 bits per heavy atom. The summed E-state index contributed by atoms with van der Waals surface area (Å²) in [6, 6.07) is 6.85. The van der Waals surface area contributed by atoms with Gasteiger partial charge in [-0.05, 0) is 36.6 Å². The molecule has 0 saturated carbocycles. The average molecular weight is 359 g/mol. The Hall–Kier alpha value is -2.63. The lowest BCUT2D eigenvalue weighted by atomic mass is 9.81. The van der Waals surface area contributed by atoms with Gasteiger partial charge in [0, 0.05) is 12.0 Å². The second-order valence-electron chi connectivity index (χ2n) is 7.29. The molecule has 1 radical (unpaired) electrons. The van der Waals surface area contributed by atoms with Gasteiger partial charge in [0.05, 0.1) is 11.2 Å². The van der Waals surface area contributed by atoms with E-state index in [1.165, 1.54) is 12.1 Å². The quantitative estimate of drug-likeness (QED) is 0.661. The van der Waals surface area contributed by atoms with E-state index in [1.54, 1.807) is 0 Å². The highest BCUT2D eigenvalue weighted by Gasteiger charge is 2.28. The summed E-state index contributed by atoms with van der Waals surface area (Å²) in [7, 11) is 0. The van der Waals surface area contributed by atoms with Gasteiger partial charge >= 0.3 is 0 Å². The molecule has 0 fully saturated rings. The first-order valence-electron chi connectivity index (χ1n) is 8.10. The maximum atomic E-state index is 14.3. The molecule has 0 amide bonds. The second-order valence-corrected chi connectivity index (χ2v) is 7.29. The van der Waals surface area contributed by atoms with Crippen molar-refractivity contribution in [3.8, 4) is 5.69 Å². The SMILES string of the molecule is [CH2]C(c1nc2cccc(F)c2c(=O)n1-c1cc(F)cc(F)c1)C(C)(C)C. The lowest BCUT2D eigenvalue weighted by Gasteiger charge is -2.29. The van der Waals surface area contributed by atoms with Crippen LogP contribution in [0.5, 0.6) is 0 Å². The van der Waals surface area contributed by atoms with Gasteiger partial charge in [0.2, 0.25) is 0 Å². The van der Waals surface area contributed by atoms with Crippen LogP contribution in [0.2, 0.25) is 0 Å². The first-order valence-corrected chi connectivity index (χ1v) is 8.10. The predicted molar refractivity (Wildman–Crippen MR) is 94.8 cm³/mol. The van der Waals surface area contributed by atoms with Gasteiger partial charge in [-0.15, -0.1) is 0 Å². The van der Waals surface area contributed by atoms with Crippen LogP contribution in [0.3, 0.4) is 0 Å². The largest absolute Gasteiger partial charge is 0.268 e. The van der Waals surface area contributed by atoms with Crippen molar-refractivity contribution in [2.45, 2.75) is 26.7 Å². The number of rotatable bonds is 2. The number of halogens is 3. The molecule has 26 heavy (non-hydrogen) atoms. The van der Waals surface area contributed by atoms with Crippen LogP contribution in [-0.2, 0) is 0 Å². The molecule has 135 valence electrons. The fourth-order valence-corrected chi connectivity index (χ4v) is 2.75. The summed E-state index contributed by atoms with van der Waals surface area (Å²) in [4.78, 5) is 17.4. The molecule has 1 unspecified atom stereocenters. The molecule has 0 spiro atoms. The van der Waals surface area contributed by atoms with Crippen LogP contribution in [0.25, 0.3) is 16.6 Å². The molecule has 3 nitrogen and oxygen atoms in total. The Labute approximate surface area is 149 Å².